The van der Waals surface area contributed by atoms with Crippen LogP contribution in [0.4, 0.5) is 4.39 Å². The molecule has 3 rings (SSSR count). The number of rotatable bonds is 6. The largest absolute Gasteiger partial charge is 0.497 e. The quantitative estimate of drug-likeness (QED) is 0.482. The molecule has 0 aliphatic carbocycles. The Labute approximate surface area is 172 Å². The van der Waals surface area contributed by atoms with E-state index in [-0.39, 0.29) is 0 Å². The zero-order valence-electron chi connectivity index (χ0n) is 15.4. The molecule has 1 aliphatic rings. The number of carbonyl (C=O) groups is 1. The Hall–Kier alpha value is -1.80. The maximum atomic E-state index is 14.4. The molecule has 3 N–H and O–H groups in total. The molecule has 0 saturated carbocycles. The van der Waals surface area contributed by atoms with Crippen molar-refractivity contribution >= 4 is 29.3 Å². The lowest BCUT2D eigenvalue weighted by atomic mass is 9.91. The van der Waals surface area contributed by atoms with Gasteiger partial charge in [-0.1, -0.05) is 23.7 Å². The molecule has 0 aromatic heterocycles. The zero-order valence-corrected chi connectivity index (χ0v) is 17.0. The molecule has 0 bridgehead atoms. The van der Waals surface area contributed by atoms with Crippen molar-refractivity contribution in [2.45, 2.75) is 24.9 Å². The average Bonchev–Trinajstić information content (AvgIpc) is 2.72. The van der Waals surface area contributed by atoms with Crippen molar-refractivity contribution in [3.63, 3.8) is 0 Å². The molecule has 1 saturated heterocycles. The highest BCUT2D eigenvalue weighted by atomic mass is 35.5. The lowest BCUT2D eigenvalue weighted by molar-refractivity contribution is -0.136. The van der Waals surface area contributed by atoms with Gasteiger partial charge in [0.25, 0.3) is 5.91 Å². The van der Waals surface area contributed by atoms with Crippen molar-refractivity contribution < 1.29 is 19.1 Å². The fourth-order valence-corrected chi connectivity index (χ4v) is 4.81. The van der Waals surface area contributed by atoms with Crippen LogP contribution in [-0.4, -0.2) is 35.3 Å². The molecule has 0 unspecified atom stereocenters. The van der Waals surface area contributed by atoms with Crippen molar-refractivity contribution in [3.8, 4) is 16.9 Å². The Bertz CT molecular complexity index is 859. The van der Waals surface area contributed by atoms with E-state index >= 15 is 0 Å². The molecule has 1 amide bonds. The maximum absolute atomic E-state index is 14.4. The minimum atomic E-state index is -0.798. The highest BCUT2D eigenvalue weighted by molar-refractivity contribution is 7.99. The Balaban J connectivity index is 1.78. The predicted molar refractivity (Wildman–Crippen MR) is 109 cm³/mol. The summed E-state index contributed by atoms with van der Waals surface area (Å²) in [5.41, 5.74) is 2.83. The summed E-state index contributed by atoms with van der Waals surface area (Å²) in [5.74, 6) is 1.30. The SMILES string of the molecule is COc1ccc(-c2ccc(CNC3(C(=O)NO)CCSCC3)cc2Cl)c(F)c1. The van der Waals surface area contributed by atoms with Gasteiger partial charge >= 0.3 is 0 Å². The molecule has 2 aromatic carbocycles. The number of halogens is 2. The summed E-state index contributed by atoms with van der Waals surface area (Å²) in [4.78, 5) is 12.2. The summed E-state index contributed by atoms with van der Waals surface area (Å²) in [6, 6.07) is 10.0. The number of benzene rings is 2. The Morgan fingerprint density at radius 3 is 2.57 bits per heavy atom. The van der Waals surface area contributed by atoms with Crippen molar-refractivity contribution in [1.82, 2.24) is 10.8 Å². The monoisotopic (exact) mass is 424 g/mol. The molecule has 1 aliphatic heterocycles. The van der Waals surface area contributed by atoms with Gasteiger partial charge in [0.2, 0.25) is 0 Å². The summed E-state index contributed by atoms with van der Waals surface area (Å²) in [6.45, 7) is 0.406. The van der Waals surface area contributed by atoms with Crippen molar-refractivity contribution in [2.24, 2.45) is 0 Å². The van der Waals surface area contributed by atoms with Crippen LogP contribution in [0.25, 0.3) is 11.1 Å². The molecule has 1 heterocycles. The summed E-state index contributed by atoms with van der Waals surface area (Å²) >= 11 is 8.19. The van der Waals surface area contributed by atoms with E-state index in [2.05, 4.69) is 5.32 Å². The summed E-state index contributed by atoms with van der Waals surface area (Å²) in [6.07, 6.45) is 1.26. The van der Waals surface area contributed by atoms with Crippen molar-refractivity contribution in [3.05, 3.63) is 52.8 Å². The molecule has 2 aromatic rings. The average molecular weight is 425 g/mol. The second kappa shape index (κ2) is 9.13. The predicted octanol–water partition coefficient (Wildman–Crippen LogP) is 4.02. The minimum Gasteiger partial charge on any atom is -0.497 e. The van der Waals surface area contributed by atoms with Crippen LogP contribution in [0.5, 0.6) is 5.75 Å². The second-order valence-corrected chi connectivity index (χ2v) is 8.28. The first-order chi connectivity index (χ1) is 13.5. The van der Waals surface area contributed by atoms with Gasteiger partial charge in [-0.2, -0.15) is 11.8 Å². The van der Waals surface area contributed by atoms with Crippen LogP contribution in [0, 0.1) is 5.82 Å². The van der Waals surface area contributed by atoms with Gasteiger partial charge in [0.15, 0.2) is 0 Å². The van der Waals surface area contributed by atoms with Gasteiger partial charge in [0, 0.05) is 28.8 Å². The summed E-state index contributed by atoms with van der Waals surface area (Å²) < 4.78 is 19.4. The lowest BCUT2D eigenvalue weighted by Gasteiger charge is -2.35. The van der Waals surface area contributed by atoms with Gasteiger partial charge in [0.1, 0.15) is 17.1 Å². The molecule has 0 atom stereocenters. The number of hydrogen-bond acceptors (Lipinski definition) is 5. The van der Waals surface area contributed by atoms with E-state index in [9.17, 15) is 9.18 Å². The molecule has 0 spiro atoms. The molecule has 0 radical (unpaired) electrons. The van der Waals surface area contributed by atoms with E-state index in [4.69, 9.17) is 21.5 Å². The fourth-order valence-electron chi connectivity index (χ4n) is 3.31. The smallest absolute Gasteiger partial charge is 0.263 e. The molecular formula is C20H22ClFN2O3S. The highest BCUT2D eigenvalue weighted by Crippen LogP contribution is 2.33. The van der Waals surface area contributed by atoms with Gasteiger partial charge in [-0.25, -0.2) is 9.87 Å². The van der Waals surface area contributed by atoms with E-state index < -0.39 is 17.3 Å². The first-order valence-electron chi connectivity index (χ1n) is 8.89. The van der Waals surface area contributed by atoms with Crippen LogP contribution in [0.15, 0.2) is 36.4 Å². The molecule has 8 heteroatoms. The Morgan fingerprint density at radius 1 is 1.25 bits per heavy atom. The minimum absolute atomic E-state index is 0.394. The summed E-state index contributed by atoms with van der Waals surface area (Å²) in [7, 11) is 1.48. The maximum Gasteiger partial charge on any atom is 0.263 e. The Kier molecular flexibility index (Phi) is 6.82. The standard InChI is InChI=1S/C20H22ClFN2O3S/c1-27-14-3-5-16(18(22)11-14)15-4-2-13(10-17(15)21)12-23-20(19(25)24-26)6-8-28-9-7-20/h2-5,10-11,23,26H,6-9,12H2,1H3,(H,24,25). The topological polar surface area (TPSA) is 70.6 Å². The van der Waals surface area contributed by atoms with E-state index in [0.717, 1.165) is 17.1 Å². The van der Waals surface area contributed by atoms with Crippen LogP contribution in [0.1, 0.15) is 18.4 Å². The molecule has 28 heavy (non-hydrogen) atoms. The molecule has 150 valence electrons. The molecule has 5 nitrogen and oxygen atoms in total. The van der Waals surface area contributed by atoms with E-state index in [1.54, 1.807) is 41.5 Å². The third-order valence-corrected chi connectivity index (χ3v) is 6.31. The number of ether oxygens (including phenoxy) is 1. The van der Waals surface area contributed by atoms with Crippen molar-refractivity contribution in [1.29, 1.82) is 0 Å². The lowest BCUT2D eigenvalue weighted by Crippen LogP contribution is -2.58. The van der Waals surface area contributed by atoms with E-state index in [0.29, 0.717) is 41.3 Å². The summed E-state index contributed by atoms with van der Waals surface area (Å²) in [5, 5.41) is 12.8. The molecule has 1 fully saturated rings. The normalized spacial score (nSPS) is 15.9. The van der Waals surface area contributed by atoms with Crippen LogP contribution in [-0.2, 0) is 11.3 Å². The number of carbonyl (C=O) groups excluding carboxylic acids is 1. The van der Waals surface area contributed by atoms with E-state index in [1.165, 1.54) is 13.2 Å². The zero-order chi connectivity index (χ0) is 20.1. The number of hydrogen-bond donors (Lipinski definition) is 3. The first-order valence-corrected chi connectivity index (χ1v) is 10.4. The van der Waals surface area contributed by atoms with Gasteiger partial charge < -0.3 is 4.74 Å². The molecular weight excluding hydrogens is 403 g/mol. The van der Waals surface area contributed by atoms with Crippen LogP contribution < -0.4 is 15.5 Å². The van der Waals surface area contributed by atoms with Crippen LogP contribution in [0.3, 0.4) is 0 Å². The fraction of sp³-hybridized carbons (Fsp3) is 0.350. The van der Waals surface area contributed by atoms with Gasteiger partial charge in [-0.05, 0) is 48.1 Å². The second-order valence-electron chi connectivity index (χ2n) is 6.65. The third-order valence-electron chi connectivity index (χ3n) is 5.01. The van der Waals surface area contributed by atoms with Gasteiger partial charge in [-0.15, -0.1) is 0 Å². The van der Waals surface area contributed by atoms with Crippen LogP contribution >= 0.6 is 23.4 Å². The van der Waals surface area contributed by atoms with Crippen LogP contribution in [0.2, 0.25) is 5.02 Å². The third kappa shape index (κ3) is 4.43. The first kappa shape index (κ1) is 20.9. The number of hydroxylamine groups is 1. The van der Waals surface area contributed by atoms with Crippen molar-refractivity contribution in [2.75, 3.05) is 18.6 Å². The number of thioether (sulfide) groups is 1. The van der Waals surface area contributed by atoms with Gasteiger partial charge in [0.05, 0.1) is 7.11 Å². The number of methoxy groups -OCH3 is 1. The van der Waals surface area contributed by atoms with E-state index in [1.807, 2.05) is 6.07 Å². The van der Waals surface area contributed by atoms with Gasteiger partial charge in [-0.3, -0.25) is 15.3 Å². The Morgan fingerprint density at radius 2 is 1.96 bits per heavy atom. The number of nitrogens with one attached hydrogen (secondary N) is 2. The number of amides is 1. The highest BCUT2D eigenvalue weighted by Gasteiger charge is 2.39.